The summed E-state index contributed by atoms with van der Waals surface area (Å²) in [5, 5.41) is 25.0. The largest absolute Gasteiger partial charge is 0.395 e. The second kappa shape index (κ2) is 6.12. The Balaban J connectivity index is 2.16. The number of hydrogen-bond acceptors (Lipinski definition) is 4. The molecule has 1 aromatic carbocycles. The summed E-state index contributed by atoms with van der Waals surface area (Å²) >= 11 is 0. The van der Waals surface area contributed by atoms with E-state index in [0.717, 1.165) is 19.5 Å². The lowest BCUT2D eigenvalue weighted by molar-refractivity contribution is 0.160. The first-order valence-corrected chi connectivity index (χ1v) is 6.11. The number of benzene rings is 1. The zero-order chi connectivity index (χ0) is 12.1. The van der Waals surface area contributed by atoms with Crippen molar-refractivity contribution in [2.45, 2.75) is 25.0 Å². The Kier molecular flexibility index (Phi) is 4.50. The van der Waals surface area contributed by atoms with Crippen LogP contribution in [0.4, 0.5) is 0 Å². The molecule has 2 rings (SSSR count). The van der Waals surface area contributed by atoms with Gasteiger partial charge in [0.05, 0.1) is 19.3 Å². The summed E-state index contributed by atoms with van der Waals surface area (Å²) in [6.45, 7) is 1.75. The van der Waals surface area contributed by atoms with Gasteiger partial charge in [0.1, 0.15) is 0 Å². The fourth-order valence-electron chi connectivity index (χ4n) is 2.28. The van der Waals surface area contributed by atoms with Crippen LogP contribution in [0.2, 0.25) is 0 Å². The van der Waals surface area contributed by atoms with Gasteiger partial charge in [-0.05, 0) is 24.1 Å². The van der Waals surface area contributed by atoms with E-state index in [0.29, 0.717) is 0 Å². The molecule has 1 aromatic rings. The minimum atomic E-state index is -0.244. The topological polar surface area (TPSA) is 64.5 Å². The summed E-state index contributed by atoms with van der Waals surface area (Å²) in [6.07, 6.45) is 0.966. The van der Waals surface area contributed by atoms with E-state index in [1.54, 1.807) is 0 Å². The predicted octanol–water partition coefficient (Wildman–Crippen LogP) is 0.164. The van der Waals surface area contributed by atoms with Crippen LogP contribution in [-0.2, 0) is 6.54 Å². The maximum Gasteiger partial charge on any atom is 0.0607 e. The third-order valence-corrected chi connectivity index (χ3v) is 3.23. The van der Waals surface area contributed by atoms with Crippen LogP contribution in [0.15, 0.2) is 24.3 Å². The fraction of sp³-hybridized carbons (Fsp3) is 0.538. The molecule has 0 amide bonds. The van der Waals surface area contributed by atoms with E-state index in [4.69, 9.17) is 10.2 Å². The Hall–Kier alpha value is -0.940. The summed E-state index contributed by atoms with van der Waals surface area (Å²) in [5.41, 5.74) is 2.56. The lowest BCUT2D eigenvalue weighted by Crippen LogP contribution is -2.39. The Morgan fingerprint density at radius 1 is 1.29 bits per heavy atom. The summed E-state index contributed by atoms with van der Waals surface area (Å²) < 4.78 is 0. The molecule has 4 N–H and O–H groups in total. The molecule has 0 radical (unpaired) electrons. The monoisotopic (exact) mass is 236 g/mol. The van der Waals surface area contributed by atoms with E-state index in [2.05, 4.69) is 22.8 Å². The highest BCUT2D eigenvalue weighted by Crippen LogP contribution is 2.23. The van der Waals surface area contributed by atoms with Crippen LogP contribution >= 0.6 is 0 Å². The smallest absolute Gasteiger partial charge is 0.0607 e. The molecule has 0 bridgehead atoms. The van der Waals surface area contributed by atoms with Gasteiger partial charge in [0.25, 0.3) is 0 Å². The molecule has 4 nitrogen and oxygen atoms in total. The zero-order valence-electron chi connectivity index (χ0n) is 9.89. The van der Waals surface area contributed by atoms with Crippen LogP contribution < -0.4 is 10.6 Å². The van der Waals surface area contributed by atoms with Crippen LogP contribution in [0.1, 0.15) is 23.6 Å². The number of aliphatic hydroxyl groups excluding tert-OH is 2. The normalized spacial score (nSPS) is 20.1. The second-order valence-corrected chi connectivity index (χ2v) is 4.45. The second-order valence-electron chi connectivity index (χ2n) is 4.45. The molecule has 0 saturated heterocycles. The molecule has 0 aliphatic carbocycles. The van der Waals surface area contributed by atoms with Gasteiger partial charge in [0.15, 0.2) is 0 Å². The molecule has 1 atom stereocenters. The molecular formula is C13H20N2O2. The Morgan fingerprint density at radius 3 is 2.82 bits per heavy atom. The Morgan fingerprint density at radius 2 is 2.06 bits per heavy atom. The van der Waals surface area contributed by atoms with Crippen LogP contribution in [0.5, 0.6) is 0 Å². The van der Waals surface area contributed by atoms with Gasteiger partial charge in [-0.15, -0.1) is 0 Å². The average Bonchev–Trinajstić information content (AvgIpc) is 2.58. The molecule has 0 fully saturated rings. The number of rotatable bonds is 4. The maximum atomic E-state index is 9.14. The number of nitrogens with one attached hydrogen (secondary N) is 2. The molecule has 1 aliphatic rings. The molecule has 4 heteroatoms. The van der Waals surface area contributed by atoms with E-state index in [9.17, 15) is 0 Å². The van der Waals surface area contributed by atoms with Gasteiger partial charge < -0.3 is 20.8 Å². The molecule has 94 valence electrons. The number of aliphatic hydroxyl groups is 2. The van der Waals surface area contributed by atoms with E-state index in [-0.39, 0.29) is 25.3 Å². The SMILES string of the molecule is OCC(CO)NC1CCNCc2ccccc21. The summed E-state index contributed by atoms with van der Waals surface area (Å²) in [5.74, 6) is 0. The molecule has 1 aliphatic heterocycles. The molecule has 0 spiro atoms. The maximum absolute atomic E-state index is 9.14. The van der Waals surface area contributed by atoms with Gasteiger partial charge in [0.2, 0.25) is 0 Å². The van der Waals surface area contributed by atoms with Crippen molar-refractivity contribution in [1.29, 1.82) is 0 Å². The minimum Gasteiger partial charge on any atom is -0.395 e. The standard InChI is InChI=1S/C13H20N2O2/c16-8-11(9-17)15-13-5-6-14-7-10-3-1-2-4-12(10)13/h1-4,11,13-17H,5-9H2. The first-order chi connectivity index (χ1) is 8.35. The van der Waals surface area contributed by atoms with Crippen molar-refractivity contribution in [3.05, 3.63) is 35.4 Å². The van der Waals surface area contributed by atoms with Gasteiger partial charge in [-0.2, -0.15) is 0 Å². The van der Waals surface area contributed by atoms with E-state index < -0.39 is 0 Å². The lowest BCUT2D eigenvalue weighted by atomic mass is 9.98. The highest BCUT2D eigenvalue weighted by molar-refractivity contribution is 5.31. The van der Waals surface area contributed by atoms with Crippen molar-refractivity contribution in [2.75, 3.05) is 19.8 Å². The first kappa shape index (κ1) is 12.5. The third-order valence-electron chi connectivity index (χ3n) is 3.23. The Labute approximate surface area is 102 Å². The molecule has 1 unspecified atom stereocenters. The van der Waals surface area contributed by atoms with Crippen molar-refractivity contribution < 1.29 is 10.2 Å². The van der Waals surface area contributed by atoms with E-state index >= 15 is 0 Å². The quantitative estimate of drug-likeness (QED) is 0.601. The van der Waals surface area contributed by atoms with Gasteiger partial charge in [-0.3, -0.25) is 0 Å². The third kappa shape index (κ3) is 3.04. The molecule has 0 aromatic heterocycles. The molecule has 0 saturated carbocycles. The van der Waals surface area contributed by atoms with Gasteiger partial charge in [-0.25, -0.2) is 0 Å². The van der Waals surface area contributed by atoms with Gasteiger partial charge in [-0.1, -0.05) is 24.3 Å². The fourth-order valence-corrected chi connectivity index (χ4v) is 2.28. The number of hydrogen-bond donors (Lipinski definition) is 4. The van der Waals surface area contributed by atoms with Crippen LogP contribution in [0, 0.1) is 0 Å². The molecule has 17 heavy (non-hydrogen) atoms. The average molecular weight is 236 g/mol. The van der Waals surface area contributed by atoms with E-state index in [1.807, 2.05) is 12.1 Å². The lowest BCUT2D eigenvalue weighted by Gasteiger charge is -2.23. The summed E-state index contributed by atoms with van der Waals surface area (Å²) in [6, 6.07) is 8.27. The van der Waals surface area contributed by atoms with Crippen molar-refractivity contribution in [2.24, 2.45) is 0 Å². The van der Waals surface area contributed by atoms with Crippen molar-refractivity contribution in [3.8, 4) is 0 Å². The van der Waals surface area contributed by atoms with Crippen molar-refractivity contribution in [3.63, 3.8) is 0 Å². The van der Waals surface area contributed by atoms with Gasteiger partial charge in [0, 0.05) is 12.6 Å². The van der Waals surface area contributed by atoms with Crippen molar-refractivity contribution >= 4 is 0 Å². The minimum absolute atomic E-state index is 0.0391. The zero-order valence-corrected chi connectivity index (χ0v) is 9.89. The van der Waals surface area contributed by atoms with Crippen LogP contribution in [0.25, 0.3) is 0 Å². The van der Waals surface area contributed by atoms with E-state index in [1.165, 1.54) is 11.1 Å². The first-order valence-electron chi connectivity index (χ1n) is 6.11. The van der Waals surface area contributed by atoms with Crippen LogP contribution in [0.3, 0.4) is 0 Å². The van der Waals surface area contributed by atoms with Crippen LogP contribution in [-0.4, -0.2) is 36.0 Å². The number of fused-ring (bicyclic) bond motifs is 1. The van der Waals surface area contributed by atoms with Crippen molar-refractivity contribution in [1.82, 2.24) is 10.6 Å². The molecular weight excluding hydrogens is 216 g/mol. The highest BCUT2D eigenvalue weighted by atomic mass is 16.3. The van der Waals surface area contributed by atoms with Gasteiger partial charge >= 0.3 is 0 Å². The highest BCUT2D eigenvalue weighted by Gasteiger charge is 2.20. The Bertz CT molecular complexity index is 353. The summed E-state index contributed by atoms with van der Waals surface area (Å²) in [7, 11) is 0. The summed E-state index contributed by atoms with van der Waals surface area (Å²) in [4.78, 5) is 0. The molecule has 1 heterocycles. The predicted molar refractivity (Wildman–Crippen MR) is 66.6 cm³/mol.